The fourth-order valence-corrected chi connectivity index (χ4v) is 0.616. The molecule has 0 aromatic carbocycles. The number of halogens is 1. The summed E-state index contributed by atoms with van der Waals surface area (Å²) in [6, 6.07) is -0.473. The second-order valence-electron chi connectivity index (χ2n) is 2.86. The summed E-state index contributed by atoms with van der Waals surface area (Å²) in [6.07, 6.45) is 2.40. The van der Waals surface area contributed by atoms with Crippen LogP contribution >= 0.6 is 12.4 Å². The van der Waals surface area contributed by atoms with Gasteiger partial charge < -0.3 is 10.5 Å². The lowest BCUT2D eigenvalue weighted by atomic mass is 10.4. The largest absolute Gasteiger partial charge is 0.464 e. The molecule has 0 amide bonds. The first-order chi connectivity index (χ1) is 4.70. The normalized spacial score (nSPS) is 18.4. The van der Waals surface area contributed by atoms with Gasteiger partial charge in [0.2, 0.25) is 0 Å². The molecule has 1 fully saturated rings. The summed E-state index contributed by atoms with van der Waals surface area (Å²) in [5.41, 5.74) is 5.27. The molecule has 3 nitrogen and oxygen atoms in total. The molecular formula is C7H14ClNO2. The Morgan fingerprint density at radius 2 is 2.27 bits per heavy atom. The number of hydrogen-bond donors (Lipinski definition) is 1. The molecule has 0 saturated heterocycles. The third kappa shape index (κ3) is 4.22. The minimum absolute atomic E-state index is 0. The van der Waals surface area contributed by atoms with E-state index in [2.05, 4.69) is 0 Å². The number of carbonyl (C=O) groups is 1. The Morgan fingerprint density at radius 1 is 1.73 bits per heavy atom. The molecule has 0 aliphatic heterocycles. The van der Waals surface area contributed by atoms with Gasteiger partial charge in [-0.15, -0.1) is 12.4 Å². The predicted molar refractivity (Wildman–Crippen MR) is 44.6 cm³/mol. The van der Waals surface area contributed by atoms with Gasteiger partial charge in [0.25, 0.3) is 0 Å². The molecule has 66 valence electrons. The van der Waals surface area contributed by atoms with E-state index in [-0.39, 0.29) is 18.4 Å². The number of nitrogens with two attached hydrogens (primary N) is 1. The Bertz CT molecular complexity index is 134. The first-order valence-corrected chi connectivity index (χ1v) is 3.62. The number of ether oxygens (including phenoxy) is 1. The van der Waals surface area contributed by atoms with E-state index in [9.17, 15) is 4.79 Å². The maximum atomic E-state index is 10.7. The van der Waals surface area contributed by atoms with E-state index in [0.29, 0.717) is 12.5 Å². The highest BCUT2D eigenvalue weighted by Crippen LogP contribution is 2.28. The number of hydrogen-bond acceptors (Lipinski definition) is 3. The maximum absolute atomic E-state index is 10.7. The zero-order valence-electron chi connectivity index (χ0n) is 6.58. The summed E-state index contributed by atoms with van der Waals surface area (Å²) in [4.78, 5) is 10.7. The Kier molecular flexibility index (Phi) is 4.45. The van der Waals surface area contributed by atoms with E-state index in [4.69, 9.17) is 10.5 Å². The van der Waals surface area contributed by atoms with Crippen LogP contribution in [0.2, 0.25) is 0 Å². The summed E-state index contributed by atoms with van der Waals surface area (Å²) in [5, 5.41) is 0. The van der Waals surface area contributed by atoms with Crippen LogP contribution in [0.15, 0.2) is 0 Å². The Labute approximate surface area is 72.7 Å². The van der Waals surface area contributed by atoms with Gasteiger partial charge in [0.05, 0.1) is 6.61 Å². The second-order valence-corrected chi connectivity index (χ2v) is 2.86. The Hall–Kier alpha value is -0.280. The zero-order valence-corrected chi connectivity index (χ0v) is 7.39. The predicted octanol–water partition coefficient (Wildman–Crippen LogP) is 0.709. The van der Waals surface area contributed by atoms with Crippen molar-refractivity contribution < 1.29 is 9.53 Å². The summed E-state index contributed by atoms with van der Waals surface area (Å²) >= 11 is 0. The van der Waals surface area contributed by atoms with E-state index in [1.165, 1.54) is 12.8 Å². The molecule has 0 unspecified atom stereocenters. The fourth-order valence-electron chi connectivity index (χ4n) is 0.616. The monoisotopic (exact) mass is 179 g/mol. The highest BCUT2D eigenvalue weighted by atomic mass is 35.5. The summed E-state index contributed by atoms with van der Waals surface area (Å²) in [5.74, 6) is 0.342. The topological polar surface area (TPSA) is 52.3 Å². The fraction of sp³-hybridized carbons (Fsp3) is 0.857. The van der Waals surface area contributed by atoms with Crippen LogP contribution in [-0.2, 0) is 9.53 Å². The molecule has 2 N–H and O–H groups in total. The number of esters is 1. The van der Waals surface area contributed by atoms with Crippen LogP contribution < -0.4 is 5.73 Å². The average Bonchev–Trinajstić information content (AvgIpc) is 2.64. The van der Waals surface area contributed by atoms with Gasteiger partial charge in [-0.25, -0.2) is 0 Å². The number of rotatable bonds is 3. The lowest BCUT2D eigenvalue weighted by molar-refractivity contribution is -0.145. The van der Waals surface area contributed by atoms with Crippen molar-refractivity contribution in [1.82, 2.24) is 0 Å². The molecule has 11 heavy (non-hydrogen) atoms. The molecule has 0 bridgehead atoms. The minimum Gasteiger partial charge on any atom is -0.464 e. The molecular weight excluding hydrogens is 166 g/mol. The van der Waals surface area contributed by atoms with Crippen LogP contribution in [0.25, 0.3) is 0 Å². The molecule has 1 aliphatic rings. The molecule has 1 aliphatic carbocycles. The third-order valence-corrected chi connectivity index (χ3v) is 1.53. The van der Waals surface area contributed by atoms with Crippen molar-refractivity contribution in [1.29, 1.82) is 0 Å². The smallest absolute Gasteiger partial charge is 0.322 e. The molecule has 1 saturated carbocycles. The van der Waals surface area contributed by atoms with Crippen molar-refractivity contribution >= 4 is 18.4 Å². The average molecular weight is 180 g/mol. The van der Waals surface area contributed by atoms with Gasteiger partial charge in [-0.1, -0.05) is 0 Å². The standard InChI is InChI=1S/C7H13NO2.ClH/c1-5(8)7(9)10-4-6-2-3-6;/h5-6H,2-4,8H2,1H3;1H/t5-;/m1./s1. The van der Waals surface area contributed by atoms with E-state index in [0.717, 1.165) is 0 Å². The van der Waals surface area contributed by atoms with Crippen LogP contribution in [0.4, 0.5) is 0 Å². The molecule has 0 radical (unpaired) electrons. The van der Waals surface area contributed by atoms with Gasteiger partial charge in [-0.2, -0.15) is 0 Å². The van der Waals surface area contributed by atoms with E-state index in [1.807, 2.05) is 0 Å². The van der Waals surface area contributed by atoms with E-state index in [1.54, 1.807) is 6.92 Å². The summed E-state index contributed by atoms with van der Waals surface area (Å²) in [7, 11) is 0. The molecule has 1 rings (SSSR count). The van der Waals surface area contributed by atoms with Crippen LogP contribution in [0.5, 0.6) is 0 Å². The van der Waals surface area contributed by atoms with Gasteiger partial charge in [0.15, 0.2) is 0 Å². The number of carbonyl (C=O) groups excluding carboxylic acids is 1. The Morgan fingerprint density at radius 3 is 2.64 bits per heavy atom. The molecule has 1 atom stereocenters. The van der Waals surface area contributed by atoms with Crippen LogP contribution in [0, 0.1) is 5.92 Å². The van der Waals surface area contributed by atoms with Crippen LogP contribution in [-0.4, -0.2) is 18.6 Å². The van der Waals surface area contributed by atoms with Gasteiger partial charge in [-0.05, 0) is 25.7 Å². The van der Waals surface area contributed by atoms with Gasteiger partial charge in [0.1, 0.15) is 6.04 Å². The minimum atomic E-state index is -0.473. The lowest BCUT2D eigenvalue weighted by Crippen LogP contribution is -2.29. The molecule has 4 heteroatoms. The van der Waals surface area contributed by atoms with Gasteiger partial charge in [-0.3, -0.25) is 4.79 Å². The maximum Gasteiger partial charge on any atom is 0.322 e. The van der Waals surface area contributed by atoms with E-state index >= 15 is 0 Å². The van der Waals surface area contributed by atoms with Crippen molar-refractivity contribution in [3.05, 3.63) is 0 Å². The van der Waals surface area contributed by atoms with Crippen molar-refractivity contribution in [2.45, 2.75) is 25.8 Å². The summed E-state index contributed by atoms with van der Waals surface area (Å²) < 4.78 is 4.86. The van der Waals surface area contributed by atoms with E-state index < -0.39 is 6.04 Å². The summed E-state index contributed by atoms with van der Waals surface area (Å²) in [6.45, 7) is 2.20. The van der Waals surface area contributed by atoms with Crippen molar-refractivity contribution in [2.24, 2.45) is 11.7 Å². The first-order valence-electron chi connectivity index (χ1n) is 3.62. The van der Waals surface area contributed by atoms with Crippen molar-refractivity contribution in [3.63, 3.8) is 0 Å². The van der Waals surface area contributed by atoms with Gasteiger partial charge >= 0.3 is 5.97 Å². The zero-order chi connectivity index (χ0) is 7.56. The molecule has 0 spiro atoms. The molecule has 0 heterocycles. The van der Waals surface area contributed by atoms with Gasteiger partial charge in [0, 0.05) is 0 Å². The SMILES string of the molecule is C[C@@H](N)C(=O)OCC1CC1.Cl. The quantitative estimate of drug-likeness (QED) is 0.650. The van der Waals surface area contributed by atoms with Crippen LogP contribution in [0.1, 0.15) is 19.8 Å². The van der Waals surface area contributed by atoms with Crippen LogP contribution in [0.3, 0.4) is 0 Å². The second kappa shape index (κ2) is 4.57. The van der Waals surface area contributed by atoms with Crippen molar-refractivity contribution in [3.8, 4) is 0 Å². The highest BCUT2D eigenvalue weighted by Gasteiger charge is 2.23. The molecule has 0 aromatic heterocycles. The Balaban J connectivity index is 0.000001000. The lowest BCUT2D eigenvalue weighted by Gasteiger charge is -2.04. The first kappa shape index (κ1) is 10.7. The molecule has 0 aromatic rings. The van der Waals surface area contributed by atoms with Crippen molar-refractivity contribution in [2.75, 3.05) is 6.61 Å². The highest BCUT2D eigenvalue weighted by molar-refractivity contribution is 5.85. The third-order valence-electron chi connectivity index (χ3n) is 1.53.